The molecule has 0 aromatic carbocycles. The molecule has 20 heavy (non-hydrogen) atoms. The fourth-order valence-electron chi connectivity index (χ4n) is 1.29. The summed E-state index contributed by atoms with van der Waals surface area (Å²) in [4.78, 5) is 8.01. The van der Waals surface area contributed by atoms with E-state index in [2.05, 4.69) is 9.97 Å². The first kappa shape index (κ1) is 14.0. The predicted octanol–water partition coefficient (Wildman–Crippen LogP) is 2.24. The van der Waals surface area contributed by atoms with E-state index in [0.29, 0.717) is 23.3 Å². The van der Waals surface area contributed by atoms with Gasteiger partial charge in [0.2, 0.25) is 11.8 Å². The molecule has 0 unspecified atom stereocenters. The van der Waals surface area contributed by atoms with Crippen LogP contribution in [0.1, 0.15) is 0 Å². The summed E-state index contributed by atoms with van der Waals surface area (Å²) in [6.45, 7) is 0. The van der Waals surface area contributed by atoms with Crippen molar-refractivity contribution < 1.29 is 18.9 Å². The van der Waals surface area contributed by atoms with E-state index in [1.165, 1.54) is 12.4 Å². The fourth-order valence-corrected chi connectivity index (χ4v) is 1.46. The number of hydrogen-bond donors (Lipinski definition) is 0. The molecule has 7 heteroatoms. The number of rotatable bonds is 4. The van der Waals surface area contributed by atoms with Crippen molar-refractivity contribution >= 4 is 17.5 Å². The predicted molar refractivity (Wildman–Crippen MR) is 75.4 cm³/mol. The second-order valence-electron chi connectivity index (χ2n) is 3.53. The highest BCUT2D eigenvalue weighted by Gasteiger charge is 2.06. The van der Waals surface area contributed by atoms with E-state index in [9.17, 15) is 0 Å². The molecule has 0 spiro atoms. The molecular formula is C13H12N2O4S. The van der Waals surface area contributed by atoms with E-state index in [0.717, 1.165) is 0 Å². The van der Waals surface area contributed by atoms with Crippen LogP contribution in [0.25, 0.3) is 0 Å². The zero-order valence-corrected chi connectivity index (χ0v) is 11.7. The maximum absolute atomic E-state index is 5.25. The van der Waals surface area contributed by atoms with E-state index < -0.39 is 0 Å². The third-order valence-electron chi connectivity index (χ3n) is 2.27. The van der Waals surface area contributed by atoms with Gasteiger partial charge in [0.05, 0.1) is 26.6 Å². The third kappa shape index (κ3) is 3.79. The Bertz CT molecular complexity index is 520. The molecule has 0 aliphatic rings. The normalized spacial score (nSPS) is 9.70. The summed E-state index contributed by atoms with van der Waals surface area (Å²) in [6.07, 6.45) is 3.03. The molecule has 0 atom stereocenters. The van der Waals surface area contributed by atoms with Gasteiger partial charge in [-0.25, -0.2) is 9.97 Å². The van der Waals surface area contributed by atoms with Gasteiger partial charge in [-0.05, 0) is 12.1 Å². The van der Waals surface area contributed by atoms with Crippen molar-refractivity contribution in [3.05, 3.63) is 36.7 Å². The van der Waals surface area contributed by atoms with Crippen LogP contribution in [0.15, 0.2) is 36.7 Å². The van der Waals surface area contributed by atoms with Gasteiger partial charge in [0.25, 0.3) is 0 Å². The zero-order valence-electron chi connectivity index (χ0n) is 10.9. The lowest BCUT2D eigenvalue weighted by Crippen LogP contribution is -2.14. The highest BCUT2D eigenvalue weighted by atomic mass is 32.1. The number of aromatic nitrogens is 2. The molecule has 0 bridgehead atoms. The summed E-state index contributed by atoms with van der Waals surface area (Å²) in [5.74, 6) is 1.87. The number of pyridine rings is 2. The average molecular weight is 292 g/mol. The van der Waals surface area contributed by atoms with Crippen LogP contribution in [0, 0.1) is 0 Å². The van der Waals surface area contributed by atoms with Crippen molar-refractivity contribution in [2.75, 3.05) is 14.2 Å². The van der Waals surface area contributed by atoms with Crippen LogP contribution in [0.3, 0.4) is 0 Å². The molecule has 0 aliphatic heterocycles. The summed E-state index contributed by atoms with van der Waals surface area (Å²) < 4.78 is 20.5. The molecule has 0 fully saturated rings. The number of hydrogen-bond acceptors (Lipinski definition) is 7. The monoisotopic (exact) mass is 292 g/mol. The highest BCUT2D eigenvalue weighted by Crippen LogP contribution is 2.16. The summed E-state index contributed by atoms with van der Waals surface area (Å²) in [5.41, 5.74) is 0. The molecule has 0 N–H and O–H groups in total. The van der Waals surface area contributed by atoms with Crippen LogP contribution < -0.4 is 18.9 Å². The maximum Gasteiger partial charge on any atom is 0.366 e. The van der Waals surface area contributed by atoms with Gasteiger partial charge in [-0.3, -0.25) is 0 Å². The minimum absolute atomic E-state index is 0.0969. The summed E-state index contributed by atoms with van der Waals surface area (Å²) in [6, 6.07) is 6.65. The quantitative estimate of drug-likeness (QED) is 0.801. The second kappa shape index (κ2) is 6.67. The van der Waals surface area contributed by atoms with Gasteiger partial charge in [0.1, 0.15) is 11.5 Å². The molecule has 0 saturated carbocycles. The van der Waals surface area contributed by atoms with E-state index >= 15 is 0 Å². The van der Waals surface area contributed by atoms with Crippen molar-refractivity contribution in [3.63, 3.8) is 0 Å². The average Bonchev–Trinajstić information content (AvgIpc) is 2.49. The maximum atomic E-state index is 5.25. The van der Waals surface area contributed by atoms with Crippen LogP contribution >= 0.6 is 12.2 Å². The first-order chi connectivity index (χ1) is 9.71. The zero-order chi connectivity index (χ0) is 14.4. The lowest BCUT2D eigenvalue weighted by Gasteiger charge is -2.07. The van der Waals surface area contributed by atoms with Crippen LogP contribution in [0.5, 0.6) is 23.3 Å². The Morgan fingerprint density at radius 1 is 0.850 bits per heavy atom. The smallest absolute Gasteiger partial charge is 0.366 e. The van der Waals surface area contributed by atoms with Gasteiger partial charge < -0.3 is 18.9 Å². The number of nitrogens with zero attached hydrogens (tertiary/aromatic N) is 2. The minimum Gasteiger partial charge on any atom is -0.495 e. The molecule has 0 saturated heterocycles. The summed E-state index contributed by atoms with van der Waals surface area (Å²) in [5, 5.41) is -0.0969. The molecule has 2 heterocycles. The van der Waals surface area contributed by atoms with Gasteiger partial charge in [-0.15, -0.1) is 0 Å². The molecular weight excluding hydrogens is 280 g/mol. The SMILES string of the molecule is COc1ccc(OC(=S)Oc2ccc(OC)cn2)nc1. The Balaban J connectivity index is 1.93. The Hall–Kier alpha value is -2.41. The van der Waals surface area contributed by atoms with Gasteiger partial charge in [0, 0.05) is 24.4 Å². The molecule has 0 radical (unpaired) electrons. The Morgan fingerprint density at radius 3 is 1.60 bits per heavy atom. The van der Waals surface area contributed by atoms with Crippen molar-refractivity contribution in [2.24, 2.45) is 0 Å². The van der Waals surface area contributed by atoms with Gasteiger partial charge in [0.15, 0.2) is 0 Å². The Morgan fingerprint density at radius 2 is 1.30 bits per heavy atom. The Kier molecular flexibility index (Phi) is 4.67. The summed E-state index contributed by atoms with van der Waals surface area (Å²) >= 11 is 4.95. The topological polar surface area (TPSA) is 62.7 Å². The van der Waals surface area contributed by atoms with E-state index in [1.807, 2.05) is 0 Å². The molecule has 104 valence electrons. The highest BCUT2D eigenvalue weighted by molar-refractivity contribution is 7.79. The van der Waals surface area contributed by atoms with Crippen LogP contribution in [0.4, 0.5) is 0 Å². The molecule has 0 amide bonds. The second-order valence-corrected chi connectivity index (χ2v) is 3.86. The van der Waals surface area contributed by atoms with Crippen molar-refractivity contribution in [1.82, 2.24) is 9.97 Å². The minimum atomic E-state index is -0.0969. The molecule has 2 rings (SSSR count). The summed E-state index contributed by atoms with van der Waals surface area (Å²) in [7, 11) is 3.11. The lowest BCUT2D eigenvalue weighted by atomic mass is 10.4. The fraction of sp³-hybridized carbons (Fsp3) is 0.154. The lowest BCUT2D eigenvalue weighted by molar-refractivity contribution is 0.378. The van der Waals surface area contributed by atoms with E-state index in [4.69, 9.17) is 31.2 Å². The van der Waals surface area contributed by atoms with E-state index in [-0.39, 0.29) is 5.24 Å². The molecule has 0 aliphatic carbocycles. The third-order valence-corrected chi connectivity index (χ3v) is 2.43. The van der Waals surface area contributed by atoms with Crippen molar-refractivity contribution in [3.8, 4) is 23.3 Å². The number of methoxy groups -OCH3 is 2. The molecule has 6 nitrogen and oxygen atoms in total. The van der Waals surface area contributed by atoms with Gasteiger partial charge >= 0.3 is 5.24 Å². The standard InChI is InChI=1S/C13H12N2O4S/c1-16-9-3-5-11(14-7-9)18-13(20)19-12-6-4-10(17-2)8-15-12/h3-8H,1-2H3. The Labute approximate surface area is 121 Å². The molecule has 2 aromatic heterocycles. The number of thiocarbonyl (C=S) groups is 1. The van der Waals surface area contributed by atoms with Gasteiger partial charge in [-0.2, -0.15) is 0 Å². The van der Waals surface area contributed by atoms with Crippen molar-refractivity contribution in [1.29, 1.82) is 0 Å². The molecule has 2 aromatic rings. The van der Waals surface area contributed by atoms with Gasteiger partial charge in [-0.1, -0.05) is 0 Å². The van der Waals surface area contributed by atoms with Crippen LogP contribution in [-0.2, 0) is 0 Å². The number of ether oxygens (including phenoxy) is 4. The first-order valence-corrected chi connectivity index (χ1v) is 6.02. The van der Waals surface area contributed by atoms with Crippen LogP contribution in [-0.4, -0.2) is 29.4 Å². The van der Waals surface area contributed by atoms with Crippen LogP contribution in [0.2, 0.25) is 0 Å². The first-order valence-electron chi connectivity index (χ1n) is 5.61. The van der Waals surface area contributed by atoms with E-state index in [1.54, 1.807) is 38.5 Å². The largest absolute Gasteiger partial charge is 0.495 e. The van der Waals surface area contributed by atoms with Crippen molar-refractivity contribution in [2.45, 2.75) is 0 Å².